The molecule has 4 rings (SSSR count). The highest BCUT2D eigenvalue weighted by atomic mass is 35.5. The maximum absolute atomic E-state index is 12.7. The van der Waals surface area contributed by atoms with E-state index >= 15 is 0 Å². The molecule has 5 nitrogen and oxygen atoms in total. The van der Waals surface area contributed by atoms with Gasteiger partial charge in [0.1, 0.15) is 5.75 Å². The Kier molecular flexibility index (Phi) is 4.11. The number of phenols is 1. The predicted molar refractivity (Wildman–Crippen MR) is 100.0 cm³/mol. The molecule has 0 radical (unpaired) electrons. The van der Waals surface area contributed by atoms with Crippen molar-refractivity contribution in [3.05, 3.63) is 82.1 Å². The zero-order valence-corrected chi connectivity index (χ0v) is 14.7. The van der Waals surface area contributed by atoms with E-state index in [-0.39, 0.29) is 17.1 Å². The first kappa shape index (κ1) is 16.6. The van der Waals surface area contributed by atoms with Gasteiger partial charge in [-0.1, -0.05) is 35.3 Å². The zero-order valence-electron chi connectivity index (χ0n) is 13.2. The van der Waals surface area contributed by atoms with Crippen molar-refractivity contribution < 1.29 is 9.90 Å². The second kappa shape index (κ2) is 6.44. The van der Waals surface area contributed by atoms with Crippen LogP contribution in [-0.4, -0.2) is 25.5 Å². The van der Waals surface area contributed by atoms with Crippen LogP contribution in [0.5, 0.6) is 5.75 Å². The molecule has 0 aliphatic rings. The summed E-state index contributed by atoms with van der Waals surface area (Å²) in [6, 6.07) is 13.4. The molecule has 0 bridgehead atoms. The molecule has 0 saturated heterocycles. The van der Waals surface area contributed by atoms with Gasteiger partial charge in [0.25, 0.3) is 0 Å². The predicted octanol–water partition coefficient (Wildman–Crippen LogP) is 4.64. The van der Waals surface area contributed by atoms with Crippen LogP contribution in [0.1, 0.15) is 15.9 Å². The second-order valence-corrected chi connectivity index (χ2v) is 6.55. The lowest BCUT2D eigenvalue weighted by molar-refractivity contribution is 0.103. The summed E-state index contributed by atoms with van der Waals surface area (Å²) in [5.41, 5.74) is 2.61. The summed E-state index contributed by atoms with van der Waals surface area (Å²) in [4.78, 5) is 16.9. The summed E-state index contributed by atoms with van der Waals surface area (Å²) in [6.07, 6.45) is 3.02. The van der Waals surface area contributed by atoms with Crippen LogP contribution in [-0.2, 0) is 0 Å². The third-order valence-corrected chi connectivity index (χ3v) is 4.41. The Labute approximate surface area is 158 Å². The number of carbonyl (C=O) groups is 1. The van der Waals surface area contributed by atoms with E-state index in [0.717, 1.165) is 5.56 Å². The van der Waals surface area contributed by atoms with E-state index in [4.69, 9.17) is 23.2 Å². The standard InChI is InChI=1S/C19H11Cl2N3O2/c20-13-3-1-11(2-4-13)16-8-18-22-9-12(10-24(18)23-16)19(26)15-7-14(21)5-6-17(15)25/h1-10,25H. The Balaban J connectivity index is 1.74. The minimum atomic E-state index is -0.386. The first-order chi connectivity index (χ1) is 12.5. The van der Waals surface area contributed by atoms with E-state index in [0.29, 0.717) is 26.9 Å². The van der Waals surface area contributed by atoms with E-state index < -0.39 is 0 Å². The molecule has 128 valence electrons. The van der Waals surface area contributed by atoms with Crippen LogP contribution in [0.15, 0.2) is 60.9 Å². The molecule has 0 spiro atoms. The van der Waals surface area contributed by atoms with Gasteiger partial charge in [0.2, 0.25) is 0 Å². The Bertz CT molecular complexity index is 1140. The van der Waals surface area contributed by atoms with Crippen molar-refractivity contribution in [3.63, 3.8) is 0 Å². The summed E-state index contributed by atoms with van der Waals surface area (Å²) in [7, 11) is 0. The minimum absolute atomic E-state index is 0.115. The van der Waals surface area contributed by atoms with Gasteiger partial charge in [-0.25, -0.2) is 9.50 Å². The molecule has 0 aliphatic carbocycles. The summed E-state index contributed by atoms with van der Waals surface area (Å²) in [5, 5.41) is 15.4. The van der Waals surface area contributed by atoms with Gasteiger partial charge < -0.3 is 5.11 Å². The summed E-state index contributed by atoms with van der Waals surface area (Å²) >= 11 is 11.8. The fraction of sp³-hybridized carbons (Fsp3) is 0. The molecule has 7 heteroatoms. The number of carbonyl (C=O) groups excluding carboxylic acids is 1. The molecule has 0 aliphatic heterocycles. The molecule has 0 saturated carbocycles. The fourth-order valence-electron chi connectivity index (χ4n) is 2.60. The average Bonchev–Trinajstić information content (AvgIpc) is 3.07. The Morgan fingerprint density at radius 3 is 2.50 bits per heavy atom. The van der Waals surface area contributed by atoms with Gasteiger partial charge >= 0.3 is 0 Å². The molecule has 2 heterocycles. The fourth-order valence-corrected chi connectivity index (χ4v) is 2.90. The van der Waals surface area contributed by atoms with E-state index in [1.807, 2.05) is 18.2 Å². The Morgan fingerprint density at radius 1 is 1.00 bits per heavy atom. The van der Waals surface area contributed by atoms with Crippen molar-refractivity contribution in [2.75, 3.05) is 0 Å². The maximum Gasteiger partial charge on any atom is 0.199 e. The maximum atomic E-state index is 12.7. The highest BCUT2D eigenvalue weighted by Gasteiger charge is 2.16. The van der Waals surface area contributed by atoms with Crippen molar-refractivity contribution in [1.29, 1.82) is 0 Å². The van der Waals surface area contributed by atoms with Gasteiger partial charge in [-0.3, -0.25) is 4.79 Å². The zero-order chi connectivity index (χ0) is 18.3. The highest BCUT2D eigenvalue weighted by molar-refractivity contribution is 6.31. The molecule has 0 amide bonds. The lowest BCUT2D eigenvalue weighted by atomic mass is 10.1. The molecule has 0 fully saturated rings. The van der Waals surface area contributed by atoms with Crippen LogP contribution >= 0.6 is 23.2 Å². The molecule has 0 unspecified atom stereocenters. The van der Waals surface area contributed by atoms with Gasteiger partial charge in [0, 0.05) is 34.1 Å². The number of benzene rings is 2. The lowest BCUT2D eigenvalue weighted by Gasteiger charge is -2.04. The van der Waals surface area contributed by atoms with Crippen LogP contribution in [0.4, 0.5) is 0 Å². The summed E-state index contributed by atoms with van der Waals surface area (Å²) < 4.78 is 1.53. The van der Waals surface area contributed by atoms with Crippen molar-refractivity contribution >= 4 is 34.6 Å². The van der Waals surface area contributed by atoms with Gasteiger partial charge in [-0.2, -0.15) is 5.10 Å². The van der Waals surface area contributed by atoms with Gasteiger partial charge in [-0.15, -0.1) is 0 Å². The van der Waals surface area contributed by atoms with Crippen LogP contribution in [0.3, 0.4) is 0 Å². The molecule has 26 heavy (non-hydrogen) atoms. The summed E-state index contributed by atoms with van der Waals surface area (Å²) in [5.74, 6) is -0.523. The Morgan fingerprint density at radius 2 is 1.73 bits per heavy atom. The molecular weight excluding hydrogens is 373 g/mol. The van der Waals surface area contributed by atoms with Crippen molar-refractivity contribution in [2.45, 2.75) is 0 Å². The van der Waals surface area contributed by atoms with E-state index in [9.17, 15) is 9.90 Å². The number of aromatic hydroxyl groups is 1. The number of halogens is 2. The van der Waals surface area contributed by atoms with Crippen LogP contribution < -0.4 is 0 Å². The number of nitrogens with zero attached hydrogens (tertiary/aromatic N) is 3. The van der Waals surface area contributed by atoms with Crippen LogP contribution in [0.2, 0.25) is 10.0 Å². The monoisotopic (exact) mass is 383 g/mol. The number of phenolic OH excluding ortho intramolecular Hbond substituents is 1. The average molecular weight is 384 g/mol. The molecule has 0 atom stereocenters. The van der Waals surface area contributed by atoms with E-state index in [2.05, 4.69) is 10.1 Å². The number of aromatic nitrogens is 3. The Hall–Kier alpha value is -2.89. The number of rotatable bonds is 3. The van der Waals surface area contributed by atoms with Crippen LogP contribution in [0.25, 0.3) is 16.9 Å². The molecule has 2 aromatic carbocycles. The molecule has 1 N–H and O–H groups in total. The topological polar surface area (TPSA) is 67.5 Å². The molecule has 2 aromatic heterocycles. The lowest BCUT2D eigenvalue weighted by Crippen LogP contribution is -2.05. The first-order valence-electron chi connectivity index (χ1n) is 7.66. The van der Waals surface area contributed by atoms with Crippen molar-refractivity contribution in [2.24, 2.45) is 0 Å². The number of hydrogen-bond acceptors (Lipinski definition) is 4. The van der Waals surface area contributed by atoms with Crippen molar-refractivity contribution in [1.82, 2.24) is 14.6 Å². The third kappa shape index (κ3) is 3.03. The minimum Gasteiger partial charge on any atom is -0.507 e. The normalized spacial score (nSPS) is 11.0. The SMILES string of the molecule is O=C(c1cnc2cc(-c3ccc(Cl)cc3)nn2c1)c1cc(Cl)ccc1O. The smallest absolute Gasteiger partial charge is 0.199 e. The number of hydrogen-bond donors (Lipinski definition) is 1. The molecular formula is C19H11Cl2N3O2. The van der Waals surface area contributed by atoms with Gasteiger partial charge in [0.15, 0.2) is 11.4 Å². The quantitative estimate of drug-likeness (QED) is 0.523. The molecule has 4 aromatic rings. The third-order valence-electron chi connectivity index (χ3n) is 3.92. The van der Waals surface area contributed by atoms with E-state index in [1.54, 1.807) is 18.3 Å². The first-order valence-corrected chi connectivity index (χ1v) is 8.41. The van der Waals surface area contributed by atoms with Gasteiger partial charge in [-0.05, 0) is 30.3 Å². The summed E-state index contributed by atoms with van der Waals surface area (Å²) in [6.45, 7) is 0. The second-order valence-electron chi connectivity index (χ2n) is 5.67. The number of ketones is 1. The largest absolute Gasteiger partial charge is 0.507 e. The number of fused-ring (bicyclic) bond motifs is 1. The van der Waals surface area contributed by atoms with Gasteiger partial charge in [0.05, 0.1) is 16.8 Å². The van der Waals surface area contributed by atoms with Crippen molar-refractivity contribution in [3.8, 4) is 17.0 Å². The highest BCUT2D eigenvalue weighted by Crippen LogP contribution is 2.25. The van der Waals surface area contributed by atoms with E-state index in [1.165, 1.54) is 28.9 Å². The van der Waals surface area contributed by atoms with Crippen LogP contribution in [0, 0.1) is 0 Å².